The molecular weight excluding hydrogens is 242 g/mol. The summed E-state index contributed by atoms with van der Waals surface area (Å²) in [7, 11) is 0. The topological polar surface area (TPSA) is 52.6 Å². The van der Waals surface area contributed by atoms with Crippen LogP contribution in [0.1, 0.15) is 39.5 Å². The second kappa shape index (κ2) is 4.47. The lowest BCUT2D eigenvalue weighted by molar-refractivity contribution is -0.133. The Hall–Kier alpha value is -1.10. The Morgan fingerprint density at radius 1 is 1.32 bits per heavy atom. The van der Waals surface area contributed by atoms with Gasteiger partial charge in [0, 0.05) is 6.54 Å². The lowest BCUT2D eigenvalue weighted by Crippen LogP contribution is -2.48. The van der Waals surface area contributed by atoms with Gasteiger partial charge >= 0.3 is 6.03 Å². The van der Waals surface area contributed by atoms with Gasteiger partial charge in [0.1, 0.15) is 5.54 Å². The van der Waals surface area contributed by atoms with Crippen molar-refractivity contribution in [1.82, 2.24) is 15.1 Å². The summed E-state index contributed by atoms with van der Waals surface area (Å²) in [6, 6.07) is -0.211. The maximum absolute atomic E-state index is 12.5. The molecule has 2 unspecified atom stereocenters. The third-order valence-electron chi connectivity index (χ3n) is 4.78. The lowest BCUT2D eigenvalue weighted by atomic mass is 9.96. The third kappa shape index (κ3) is 2.24. The molecule has 2 atom stereocenters. The van der Waals surface area contributed by atoms with Gasteiger partial charge < -0.3 is 5.32 Å². The average Bonchev–Trinajstić information content (AvgIpc) is 3.16. The molecule has 0 spiro atoms. The summed E-state index contributed by atoms with van der Waals surface area (Å²) in [5.41, 5.74) is -0.640. The van der Waals surface area contributed by atoms with E-state index in [-0.39, 0.29) is 11.9 Å². The van der Waals surface area contributed by atoms with E-state index in [1.165, 1.54) is 11.3 Å². The summed E-state index contributed by atoms with van der Waals surface area (Å²) in [4.78, 5) is 28.2. The Kier molecular flexibility index (Phi) is 3.04. The minimum absolute atomic E-state index is 0.0294. The third-order valence-corrected chi connectivity index (χ3v) is 4.78. The van der Waals surface area contributed by atoms with E-state index in [0.29, 0.717) is 18.5 Å². The van der Waals surface area contributed by atoms with Crippen LogP contribution in [0.4, 0.5) is 4.79 Å². The van der Waals surface area contributed by atoms with Crippen LogP contribution in [-0.2, 0) is 4.79 Å². The Morgan fingerprint density at radius 3 is 2.68 bits per heavy atom. The molecule has 3 aliphatic rings. The number of hydrogen-bond acceptors (Lipinski definition) is 3. The number of rotatable bonds is 3. The van der Waals surface area contributed by atoms with Gasteiger partial charge in [-0.05, 0) is 51.0 Å². The lowest BCUT2D eigenvalue weighted by Gasteiger charge is -2.33. The van der Waals surface area contributed by atoms with Crippen LogP contribution in [-0.4, -0.2) is 47.0 Å². The molecule has 106 valence electrons. The maximum atomic E-state index is 12.5. The van der Waals surface area contributed by atoms with Crippen LogP contribution in [0.25, 0.3) is 0 Å². The van der Waals surface area contributed by atoms with Crippen molar-refractivity contribution in [3.8, 4) is 0 Å². The molecule has 1 aliphatic carbocycles. The largest absolute Gasteiger partial charge is 0.326 e. The molecule has 0 aromatic carbocycles. The normalized spacial score (nSPS) is 36.7. The van der Waals surface area contributed by atoms with Gasteiger partial charge in [-0.25, -0.2) is 9.69 Å². The molecule has 2 aliphatic heterocycles. The number of likely N-dealkylation sites (tertiary alicyclic amines) is 1. The summed E-state index contributed by atoms with van der Waals surface area (Å²) in [5, 5.41) is 2.90. The summed E-state index contributed by atoms with van der Waals surface area (Å²) < 4.78 is 0. The molecule has 3 fully saturated rings. The highest BCUT2D eigenvalue weighted by atomic mass is 16.2. The fourth-order valence-electron chi connectivity index (χ4n) is 3.40. The number of hydrogen-bond donors (Lipinski definition) is 1. The molecule has 3 rings (SSSR count). The van der Waals surface area contributed by atoms with Crippen LogP contribution in [0.15, 0.2) is 0 Å². The van der Waals surface area contributed by atoms with E-state index in [2.05, 4.69) is 17.1 Å². The first-order chi connectivity index (χ1) is 9.00. The van der Waals surface area contributed by atoms with Gasteiger partial charge in [-0.3, -0.25) is 9.69 Å². The van der Waals surface area contributed by atoms with E-state index in [0.717, 1.165) is 32.4 Å². The smallest absolute Gasteiger partial charge is 0.323 e. The van der Waals surface area contributed by atoms with Crippen LogP contribution in [0.2, 0.25) is 0 Å². The number of piperidine rings is 1. The van der Waals surface area contributed by atoms with Crippen molar-refractivity contribution in [2.75, 3.05) is 19.8 Å². The highest BCUT2D eigenvalue weighted by Gasteiger charge is 2.56. The van der Waals surface area contributed by atoms with Gasteiger partial charge in [-0.15, -0.1) is 0 Å². The van der Waals surface area contributed by atoms with Crippen molar-refractivity contribution < 1.29 is 9.59 Å². The molecule has 3 amide bonds. The van der Waals surface area contributed by atoms with Gasteiger partial charge in [0.05, 0.1) is 6.67 Å². The summed E-state index contributed by atoms with van der Waals surface area (Å²) in [6.45, 7) is 6.53. The zero-order chi connectivity index (χ0) is 13.6. The number of carbonyl (C=O) groups is 2. The molecule has 5 nitrogen and oxygen atoms in total. The number of nitrogens with zero attached hydrogens (tertiary/aromatic N) is 2. The predicted octanol–water partition coefficient (Wildman–Crippen LogP) is 1.40. The van der Waals surface area contributed by atoms with Crippen LogP contribution in [0.3, 0.4) is 0 Å². The standard InChI is InChI=1S/C14H23N3O2/c1-10-4-3-7-16(8-10)9-17-12(18)14(2,11-5-6-11)15-13(17)19/h10-11H,3-9H2,1-2H3,(H,15,19). The fourth-order valence-corrected chi connectivity index (χ4v) is 3.40. The Labute approximate surface area is 114 Å². The van der Waals surface area contributed by atoms with Crippen LogP contribution < -0.4 is 5.32 Å². The molecule has 0 aromatic rings. The molecule has 2 heterocycles. The first kappa shape index (κ1) is 12.9. The fraction of sp³-hybridized carbons (Fsp3) is 0.857. The number of amides is 3. The molecule has 0 aromatic heterocycles. The molecular formula is C14H23N3O2. The van der Waals surface area contributed by atoms with Gasteiger partial charge in [-0.2, -0.15) is 0 Å². The Morgan fingerprint density at radius 2 is 2.05 bits per heavy atom. The summed E-state index contributed by atoms with van der Waals surface area (Å²) in [6.07, 6.45) is 4.51. The van der Waals surface area contributed by atoms with Crippen LogP contribution in [0, 0.1) is 11.8 Å². The highest BCUT2D eigenvalue weighted by Crippen LogP contribution is 2.42. The molecule has 2 saturated heterocycles. The zero-order valence-corrected chi connectivity index (χ0v) is 11.8. The van der Waals surface area contributed by atoms with Crippen molar-refractivity contribution in [1.29, 1.82) is 0 Å². The van der Waals surface area contributed by atoms with Crippen molar-refractivity contribution in [3.05, 3.63) is 0 Å². The minimum Gasteiger partial charge on any atom is -0.323 e. The Bertz CT molecular complexity index is 407. The van der Waals surface area contributed by atoms with E-state index in [1.807, 2.05) is 6.92 Å². The van der Waals surface area contributed by atoms with Crippen molar-refractivity contribution in [2.24, 2.45) is 11.8 Å². The maximum Gasteiger partial charge on any atom is 0.326 e. The van der Waals surface area contributed by atoms with Gasteiger partial charge in [-0.1, -0.05) is 6.92 Å². The van der Waals surface area contributed by atoms with Crippen molar-refractivity contribution in [2.45, 2.75) is 45.1 Å². The molecule has 5 heteroatoms. The summed E-state index contributed by atoms with van der Waals surface area (Å²) >= 11 is 0. The molecule has 19 heavy (non-hydrogen) atoms. The van der Waals surface area contributed by atoms with E-state index in [1.54, 1.807) is 0 Å². The first-order valence-corrected chi connectivity index (χ1v) is 7.37. The van der Waals surface area contributed by atoms with E-state index in [4.69, 9.17) is 0 Å². The quantitative estimate of drug-likeness (QED) is 0.785. The Balaban J connectivity index is 1.67. The summed E-state index contributed by atoms with van der Waals surface area (Å²) in [5.74, 6) is 0.969. The SMILES string of the molecule is CC1CCCN(CN2C(=O)NC(C)(C3CC3)C2=O)C1. The highest BCUT2D eigenvalue weighted by molar-refractivity contribution is 6.07. The van der Waals surface area contributed by atoms with Gasteiger partial charge in [0.25, 0.3) is 5.91 Å². The van der Waals surface area contributed by atoms with Crippen molar-refractivity contribution >= 4 is 11.9 Å². The van der Waals surface area contributed by atoms with Crippen molar-refractivity contribution in [3.63, 3.8) is 0 Å². The second-order valence-corrected chi connectivity index (χ2v) is 6.61. The molecule has 0 radical (unpaired) electrons. The number of urea groups is 1. The molecule has 1 N–H and O–H groups in total. The number of nitrogens with one attached hydrogen (secondary N) is 1. The van der Waals surface area contributed by atoms with E-state index in [9.17, 15) is 9.59 Å². The van der Waals surface area contributed by atoms with E-state index >= 15 is 0 Å². The second-order valence-electron chi connectivity index (χ2n) is 6.61. The number of imide groups is 1. The van der Waals surface area contributed by atoms with E-state index < -0.39 is 5.54 Å². The monoisotopic (exact) mass is 265 g/mol. The van der Waals surface area contributed by atoms with Crippen LogP contribution in [0.5, 0.6) is 0 Å². The molecule has 0 bridgehead atoms. The predicted molar refractivity (Wildman–Crippen MR) is 71.3 cm³/mol. The average molecular weight is 265 g/mol. The molecule has 1 saturated carbocycles. The van der Waals surface area contributed by atoms with Gasteiger partial charge in [0.2, 0.25) is 0 Å². The van der Waals surface area contributed by atoms with Crippen LogP contribution >= 0.6 is 0 Å². The first-order valence-electron chi connectivity index (χ1n) is 7.37. The van der Waals surface area contributed by atoms with Gasteiger partial charge in [0.15, 0.2) is 0 Å². The number of carbonyl (C=O) groups excluding carboxylic acids is 2. The minimum atomic E-state index is -0.640. The zero-order valence-electron chi connectivity index (χ0n) is 11.8.